The smallest absolute Gasteiger partial charge is 0.237 e. The lowest BCUT2D eigenvalue weighted by atomic mass is 9.86. The minimum atomic E-state index is -0.184. The van der Waals surface area contributed by atoms with Gasteiger partial charge in [0.2, 0.25) is 5.91 Å². The molecule has 0 spiro atoms. The summed E-state index contributed by atoms with van der Waals surface area (Å²) in [4.78, 5) is 14.3. The Balaban J connectivity index is 1.77. The molecule has 0 saturated heterocycles. The van der Waals surface area contributed by atoms with Crippen molar-refractivity contribution < 1.29 is 9.90 Å². The maximum absolute atomic E-state index is 12.2. The van der Waals surface area contributed by atoms with Crippen molar-refractivity contribution in [2.45, 2.75) is 76.5 Å². The highest BCUT2D eigenvalue weighted by molar-refractivity contribution is 5.81. The highest BCUT2D eigenvalue weighted by atomic mass is 16.3. The maximum Gasteiger partial charge on any atom is 0.237 e. The number of likely N-dealkylation sites (N-methyl/N-ethyl adjacent to an activating group) is 1. The number of aliphatic hydroxyl groups is 1. The van der Waals surface area contributed by atoms with E-state index in [0.717, 1.165) is 38.6 Å². The number of aliphatic hydroxyl groups excluding tert-OH is 1. The monoisotopic (exact) mass is 282 g/mol. The molecule has 2 rings (SSSR count). The number of carbonyl (C=O) groups is 1. The van der Waals surface area contributed by atoms with Gasteiger partial charge in [-0.3, -0.25) is 9.69 Å². The highest BCUT2D eigenvalue weighted by Gasteiger charge is 2.28. The molecule has 2 fully saturated rings. The van der Waals surface area contributed by atoms with Gasteiger partial charge >= 0.3 is 0 Å². The summed E-state index contributed by atoms with van der Waals surface area (Å²) in [6.07, 6.45) is 8.90. The highest BCUT2D eigenvalue weighted by Crippen LogP contribution is 2.25. The van der Waals surface area contributed by atoms with E-state index in [2.05, 4.69) is 10.2 Å². The van der Waals surface area contributed by atoms with Gasteiger partial charge < -0.3 is 10.4 Å². The molecule has 4 heteroatoms. The SMILES string of the molecule is CC(C(=O)NC1CCCC1)N(C)CC1CCCCC1O. The predicted octanol–water partition coefficient (Wildman–Crippen LogP) is 1.92. The maximum atomic E-state index is 12.2. The van der Waals surface area contributed by atoms with Crippen LogP contribution in [0, 0.1) is 5.92 Å². The van der Waals surface area contributed by atoms with Crippen LogP contribution in [0.5, 0.6) is 0 Å². The van der Waals surface area contributed by atoms with Gasteiger partial charge in [-0.05, 0) is 45.6 Å². The van der Waals surface area contributed by atoms with Gasteiger partial charge in [0.05, 0.1) is 12.1 Å². The van der Waals surface area contributed by atoms with Crippen LogP contribution in [-0.4, -0.2) is 47.7 Å². The Kier molecular flexibility index (Phi) is 5.85. The molecule has 0 aromatic carbocycles. The van der Waals surface area contributed by atoms with E-state index >= 15 is 0 Å². The largest absolute Gasteiger partial charge is 0.393 e. The number of nitrogens with zero attached hydrogens (tertiary/aromatic N) is 1. The van der Waals surface area contributed by atoms with Crippen molar-refractivity contribution in [1.29, 1.82) is 0 Å². The molecule has 0 aromatic rings. The van der Waals surface area contributed by atoms with Gasteiger partial charge in [0.15, 0.2) is 0 Å². The van der Waals surface area contributed by atoms with Crippen LogP contribution in [0.25, 0.3) is 0 Å². The molecule has 0 aliphatic heterocycles. The van der Waals surface area contributed by atoms with Gasteiger partial charge in [0, 0.05) is 12.6 Å². The summed E-state index contributed by atoms with van der Waals surface area (Å²) in [5.41, 5.74) is 0. The van der Waals surface area contributed by atoms with E-state index < -0.39 is 0 Å². The fourth-order valence-corrected chi connectivity index (χ4v) is 3.52. The minimum absolute atomic E-state index is 0.107. The third-order valence-corrected chi connectivity index (χ3v) is 5.13. The first-order valence-corrected chi connectivity index (χ1v) is 8.26. The summed E-state index contributed by atoms with van der Waals surface area (Å²) < 4.78 is 0. The summed E-state index contributed by atoms with van der Waals surface area (Å²) in [7, 11) is 2.00. The van der Waals surface area contributed by atoms with Gasteiger partial charge in [-0.25, -0.2) is 0 Å². The van der Waals surface area contributed by atoms with E-state index in [1.54, 1.807) is 0 Å². The molecular formula is C16H30N2O2. The normalized spacial score (nSPS) is 29.6. The molecule has 0 radical (unpaired) electrons. The summed E-state index contributed by atoms with van der Waals surface area (Å²) in [6, 6.07) is 0.281. The van der Waals surface area contributed by atoms with Crippen molar-refractivity contribution in [2.75, 3.05) is 13.6 Å². The van der Waals surface area contributed by atoms with Crippen LogP contribution in [0.3, 0.4) is 0 Å². The Labute approximate surface area is 122 Å². The van der Waals surface area contributed by atoms with Crippen molar-refractivity contribution in [3.8, 4) is 0 Å². The van der Waals surface area contributed by atoms with Crippen molar-refractivity contribution in [1.82, 2.24) is 10.2 Å². The predicted molar refractivity (Wildman–Crippen MR) is 80.5 cm³/mol. The minimum Gasteiger partial charge on any atom is -0.393 e. The first-order valence-electron chi connectivity index (χ1n) is 8.26. The number of hydrogen-bond acceptors (Lipinski definition) is 3. The zero-order valence-electron chi connectivity index (χ0n) is 13.0. The van der Waals surface area contributed by atoms with Crippen molar-refractivity contribution in [3.63, 3.8) is 0 Å². The van der Waals surface area contributed by atoms with E-state index in [4.69, 9.17) is 0 Å². The molecule has 2 saturated carbocycles. The zero-order chi connectivity index (χ0) is 14.5. The molecule has 2 N–H and O–H groups in total. The third kappa shape index (κ3) is 4.19. The Morgan fingerprint density at radius 1 is 1.20 bits per heavy atom. The molecule has 0 bridgehead atoms. The van der Waals surface area contributed by atoms with Crippen LogP contribution in [0.1, 0.15) is 58.3 Å². The lowest BCUT2D eigenvalue weighted by Gasteiger charge is -2.33. The van der Waals surface area contributed by atoms with Gasteiger partial charge in [0.25, 0.3) is 0 Å². The molecule has 116 valence electrons. The Hall–Kier alpha value is -0.610. The first-order chi connectivity index (χ1) is 9.58. The molecule has 2 aliphatic carbocycles. The number of amides is 1. The second-order valence-corrected chi connectivity index (χ2v) is 6.72. The molecule has 3 unspecified atom stereocenters. The quantitative estimate of drug-likeness (QED) is 0.810. The lowest BCUT2D eigenvalue weighted by molar-refractivity contribution is -0.126. The van der Waals surface area contributed by atoms with Crippen LogP contribution in [-0.2, 0) is 4.79 Å². The first kappa shape index (κ1) is 15.8. The molecule has 0 heterocycles. The fraction of sp³-hybridized carbons (Fsp3) is 0.938. The van der Waals surface area contributed by atoms with Crippen molar-refractivity contribution >= 4 is 5.91 Å². The summed E-state index contributed by atoms with van der Waals surface area (Å²) in [5, 5.41) is 13.2. The van der Waals surface area contributed by atoms with Crippen molar-refractivity contribution in [3.05, 3.63) is 0 Å². The van der Waals surface area contributed by atoms with E-state index in [9.17, 15) is 9.90 Å². The standard InChI is InChI=1S/C16H30N2O2/c1-12(16(20)17-14-8-4-5-9-14)18(2)11-13-7-3-6-10-15(13)19/h12-15,19H,3-11H2,1-2H3,(H,17,20). The van der Waals surface area contributed by atoms with E-state index in [1.165, 1.54) is 19.3 Å². The van der Waals surface area contributed by atoms with Crippen LogP contribution in [0.15, 0.2) is 0 Å². The van der Waals surface area contributed by atoms with Gasteiger partial charge in [-0.1, -0.05) is 25.7 Å². The lowest BCUT2D eigenvalue weighted by Crippen LogP contribution is -2.48. The second kappa shape index (κ2) is 7.41. The van der Waals surface area contributed by atoms with Crippen LogP contribution in [0.4, 0.5) is 0 Å². The molecular weight excluding hydrogens is 252 g/mol. The number of carbonyl (C=O) groups excluding carboxylic acids is 1. The zero-order valence-corrected chi connectivity index (χ0v) is 13.0. The molecule has 2 aliphatic rings. The van der Waals surface area contributed by atoms with Gasteiger partial charge in [-0.2, -0.15) is 0 Å². The molecule has 0 aromatic heterocycles. The van der Waals surface area contributed by atoms with Crippen LogP contribution < -0.4 is 5.32 Å². The number of nitrogens with one attached hydrogen (secondary N) is 1. The molecule has 3 atom stereocenters. The van der Waals surface area contributed by atoms with Crippen LogP contribution >= 0.6 is 0 Å². The average molecular weight is 282 g/mol. The van der Waals surface area contributed by atoms with Gasteiger partial charge in [-0.15, -0.1) is 0 Å². The Morgan fingerprint density at radius 3 is 2.45 bits per heavy atom. The van der Waals surface area contributed by atoms with E-state index in [0.29, 0.717) is 12.0 Å². The molecule has 20 heavy (non-hydrogen) atoms. The van der Waals surface area contributed by atoms with Crippen molar-refractivity contribution in [2.24, 2.45) is 5.92 Å². The Bertz CT molecular complexity index is 316. The summed E-state index contributed by atoms with van der Waals surface area (Å²) >= 11 is 0. The number of rotatable bonds is 5. The third-order valence-electron chi connectivity index (χ3n) is 5.13. The molecule has 4 nitrogen and oxygen atoms in total. The van der Waals surface area contributed by atoms with E-state index in [-0.39, 0.29) is 18.1 Å². The Morgan fingerprint density at radius 2 is 1.80 bits per heavy atom. The number of hydrogen-bond donors (Lipinski definition) is 2. The molecule has 1 amide bonds. The average Bonchev–Trinajstić information content (AvgIpc) is 2.93. The van der Waals surface area contributed by atoms with Gasteiger partial charge in [0.1, 0.15) is 0 Å². The summed E-state index contributed by atoms with van der Waals surface area (Å²) in [6.45, 7) is 2.79. The topological polar surface area (TPSA) is 52.6 Å². The fourth-order valence-electron chi connectivity index (χ4n) is 3.52. The second-order valence-electron chi connectivity index (χ2n) is 6.72. The van der Waals surface area contributed by atoms with Crippen LogP contribution in [0.2, 0.25) is 0 Å². The summed E-state index contributed by atoms with van der Waals surface area (Å²) in [5.74, 6) is 0.472. The van der Waals surface area contributed by atoms with E-state index in [1.807, 2.05) is 14.0 Å².